The zero-order chi connectivity index (χ0) is 22.5. The molecule has 172 valence electrons. The van der Waals surface area contributed by atoms with Gasteiger partial charge in [0.2, 0.25) is 5.91 Å². The van der Waals surface area contributed by atoms with Crippen LogP contribution in [0.5, 0.6) is 0 Å². The fourth-order valence-corrected chi connectivity index (χ4v) is 5.68. The van der Waals surface area contributed by atoms with Crippen molar-refractivity contribution in [1.82, 2.24) is 20.0 Å². The molecule has 0 saturated carbocycles. The number of nitrogens with zero attached hydrogens (tertiary/aromatic N) is 3. The molecule has 1 saturated heterocycles. The normalized spacial score (nSPS) is 20.0. The Morgan fingerprint density at radius 3 is 2.50 bits per heavy atom. The maximum absolute atomic E-state index is 13.5. The Morgan fingerprint density at radius 2 is 1.78 bits per heavy atom. The number of rotatable bonds is 6. The summed E-state index contributed by atoms with van der Waals surface area (Å²) in [4.78, 5) is 33.4. The molecule has 32 heavy (non-hydrogen) atoms. The zero-order valence-electron chi connectivity index (χ0n) is 19.1. The van der Waals surface area contributed by atoms with E-state index in [2.05, 4.69) is 52.9 Å². The van der Waals surface area contributed by atoms with Crippen molar-refractivity contribution >= 4 is 23.3 Å². The zero-order valence-corrected chi connectivity index (χ0v) is 19.9. The van der Waals surface area contributed by atoms with Crippen molar-refractivity contribution in [3.05, 3.63) is 57.8 Å². The molecular formula is C25H34N4O2S. The molecule has 3 amide bonds. The van der Waals surface area contributed by atoms with Crippen molar-refractivity contribution < 1.29 is 9.59 Å². The molecular weight excluding hydrogens is 420 g/mol. The monoisotopic (exact) mass is 454 g/mol. The van der Waals surface area contributed by atoms with E-state index in [0.717, 1.165) is 25.8 Å². The Labute approximate surface area is 195 Å². The largest absolute Gasteiger partial charge is 0.338 e. The second-order valence-electron chi connectivity index (χ2n) is 8.67. The predicted molar refractivity (Wildman–Crippen MR) is 129 cm³/mol. The molecule has 1 fully saturated rings. The van der Waals surface area contributed by atoms with Crippen molar-refractivity contribution in [2.75, 3.05) is 39.3 Å². The molecule has 3 heterocycles. The molecule has 1 aromatic carbocycles. The summed E-state index contributed by atoms with van der Waals surface area (Å²) in [5.41, 5.74) is 2.57. The van der Waals surface area contributed by atoms with Gasteiger partial charge in [0.1, 0.15) is 0 Å². The van der Waals surface area contributed by atoms with Gasteiger partial charge >= 0.3 is 6.03 Å². The molecule has 2 aliphatic rings. The lowest BCUT2D eigenvalue weighted by molar-refractivity contribution is -0.138. The first kappa shape index (κ1) is 22.8. The number of hydrogen-bond donors (Lipinski definition) is 1. The SMILES string of the molecule is CCCCNC(=O)N1CCN(C(=O)C(C)N2CCc3sccc3C2c2ccccc2)CC1. The van der Waals surface area contributed by atoms with E-state index >= 15 is 0 Å². The molecule has 2 unspecified atom stereocenters. The lowest BCUT2D eigenvalue weighted by Gasteiger charge is -2.42. The second-order valence-corrected chi connectivity index (χ2v) is 9.67. The number of urea groups is 1. The molecule has 6 nitrogen and oxygen atoms in total. The van der Waals surface area contributed by atoms with Crippen LogP contribution in [0.1, 0.15) is 48.7 Å². The van der Waals surface area contributed by atoms with Crippen LogP contribution in [0.15, 0.2) is 41.8 Å². The highest BCUT2D eigenvalue weighted by atomic mass is 32.1. The minimum absolute atomic E-state index is 0.0104. The molecule has 0 bridgehead atoms. The summed E-state index contributed by atoms with van der Waals surface area (Å²) in [7, 11) is 0. The summed E-state index contributed by atoms with van der Waals surface area (Å²) in [6.45, 7) is 8.11. The highest BCUT2D eigenvalue weighted by Crippen LogP contribution is 2.39. The number of hydrogen-bond acceptors (Lipinski definition) is 4. The number of fused-ring (bicyclic) bond motifs is 1. The van der Waals surface area contributed by atoms with Gasteiger partial charge in [-0.2, -0.15) is 0 Å². The molecule has 1 aromatic heterocycles. The third kappa shape index (κ3) is 4.84. The van der Waals surface area contributed by atoms with E-state index in [1.807, 2.05) is 34.1 Å². The summed E-state index contributed by atoms with van der Waals surface area (Å²) in [5, 5.41) is 5.15. The Balaban J connectivity index is 1.42. The second kappa shape index (κ2) is 10.5. The Hall–Kier alpha value is -2.38. The molecule has 7 heteroatoms. The highest BCUT2D eigenvalue weighted by molar-refractivity contribution is 7.10. The Kier molecular flexibility index (Phi) is 7.48. The Morgan fingerprint density at radius 1 is 1.06 bits per heavy atom. The minimum Gasteiger partial charge on any atom is -0.338 e. The number of amides is 3. The van der Waals surface area contributed by atoms with E-state index in [0.29, 0.717) is 32.7 Å². The van der Waals surface area contributed by atoms with Crippen LogP contribution in [0.4, 0.5) is 4.79 Å². The van der Waals surface area contributed by atoms with Crippen LogP contribution in [0.2, 0.25) is 0 Å². The first-order valence-electron chi connectivity index (χ1n) is 11.8. The van der Waals surface area contributed by atoms with Crippen molar-refractivity contribution in [2.24, 2.45) is 0 Å². The fraction of sp³-hybridized carbons (Fsp3) is 0.520. The number of piperazine rings is 1. The number of benzene rings is 1. The quantitative estimate of drug-likeness (QED) is 0.677. The number of carbonyl (C=O) groups excluding carboxylic acids is 2. The number of thiophene rings is 1. The number of carbonyl (C=O) groups is 2. The lowest BCUT2D eigenvalue weighted by Crippen LogP contribution is -2.57. The maximum Gasteiger partial charge on any atom is 0.317 e. The average Bonchev–Trinajstić information content (AvgIpc) is 3.32. The number of nitrogens with one attached hydrogen (secondary N) is 1. The van der Waals surface area contributed by atoms with Crippen LogP contribution in [0, 0.1) is 0 Å². The lowest BCUT2D eigenvalue weighted by atomic mass is 9.92. The van der Waals surface area contributed by atoms with E-state index in [-0.39, 0.29) is 24.0 Å². The molecule has 0 radical (unpaired) electrons. The molecule has 4 rings (SSSR count). The van der Waals surface area contributed by atoms with Crippen LogP contribution >= 0.6 is 11.3 Å². The van der Waals surface area contributed by atoms with Gasteiger partial charge in [0, 0.05) is 44.1 Å². The van der Waals surface area contributed by atoms with Crippen molar-refractivity contribution in [2.45, 2.75) is 45.2 Å². The van der Waals surface area contributed by atoms with Crippen LogP contribution in [0.3, 0.4) is 0 Å². The third-order valence-corrected chi connectivity index (χ3v) is 7.65. The number of unbranched alkanes of at least 4 members (excludes halogenated alkanes) is 1. The van der Waals surface area contributed by atoms with Crippen LogP contribution in [-0.2, 0) is 11.2 Å². The summed E-state index contributed by atoms with van der Waals surface area (Å²) in [6.07, 6.45) is 3.04. The molecule has 0 spiro atoms. The maximum atomic E-state index is 13.5. The molecule has 1 N–H and O–H groups in total. The van der Waals surface area contributed by atoms with Crippen molar-refractivity contribution in [1.29, 1.82) is 0 Å². The van der Waals surface area contributed by atoms with Crippen molar-refractivity contribution in [3.8, 4) is 0 Å². The van der Waals surface area contributed by atoms with E-state index in [4.69, 9.17) is 0 Å². The van der Waals surface area contributed by atoms with E-state index in [9.17, 15) is 9.59 Å². The summed E-state index contributed by atoms with van der Waals surface area (Å²) >= 11 is 1.82. The van der Waals surface area contributed by atoms with E-state index < -0.39 is 0 Å². The van der Waals surface area contributed by atoms with Crippen molar-refractivity contribution in [3.63, 3.8) is 0 Å². The smallest absolute Gasteiger partial charge is 0.317 e. The van der Waals surface area contributed by atoms with E-state index in [1.54, 1.807) is 0 Å². The topological polar surface area (TPSA) is 55.9 Å². The fourth-order valence-electron chi connectivity index (χ4n) is 4.78. The standard InChI is InChI=1S/C25H34N4O2S/c1-3-4-12-26-25(31)28-16-14-27(15-17-28)24(30)19(2)29-13-10-22-21(11-18-32-22)23(29)20-8-6-5-7-9-20/h5-9,11,18-19,23H,3-4,10,12-17H2,1-2H3,(H,26,31). The van der Waals surface area contributed by atoms with Gasteiger partial charge in [0.25, 0.3) is 0 Å². The minimum atomic E-state index is -0.210. The van der Waals surface area contributed by atoms with Crippen LogP contribution in [0.25, 0.3) is 0 Å². The van der Waals surface area contributed by atoms with Gasteiger partial charge in [-0.15, -0.1) is 11.3 Å². The first-order valence-corrected chi connectivity index (χ1v) is 12.7. The summed E-state index contributed by atoms with van der Waals surface area (Å²) in [6, 6.07) is 12.6. The summed E-state index contributed by atoms with van der Waals surface area (Å²) in [5.74, 6) is 0.163. The van der Waals surface area contributed by atoms with Gasteiger partial charge in [0.05, 0.1) is 12.1 Å². The first-order chi connectivity index (χ1) is 15.6. The average molecular weight is 455 g/mol. The van der Waals surface area contributed by atoms with Gasteiger partial charge in [-0.05, 0) is 42.3 Å². The molecule has 0 aliphatic carbocycles. The van der Waals surface area contributed by atoms with E-state index in [1.165, 1.54) is 16.0 Å². The van der Waals surface area contributed by atoms with Gasteiger partial charge in [-0.3, -0.25) is 9.69 Å². The van der Waals surface area contributed by atoms with Gasteiger partial charge in [-0.1, -0.05) is 43.7 Å². The Bertz CT molecular complexity index is 908. The molecule has 2 aromatic rings. The van der Waals surface area contributed by atoms with Crippen LogP contribution < -0.4 is 5.32 Å². The van der Waals surface area contributed by atoms with Gasteiger partial charge in [-0.25, -0.2) is 4.79 Å². The van der Waals surface area contributed by atoms with Crippen LogP contribution in [-0.4, -0.2) is 71.9 Å². The third-order valence-electron chi connectivity index (χ3n) is 6.66. The van der Waals surface area contributed by atoms with Gasteiger partial charge in [0.15, 0.2) is 0 Å². The molecule has 2 atom stereocenters. The summed E-state index contributed by atoms with van der Waals surface area (Å²) < 4.78 is 0. The van der Waals surface area contributed by atoms with Gasteiger partial charge < -0.3 is 15.1 Å². The predicted octanol–water partition coefficient (Wildman–Crippen LogP) is 3.74. The molecule has 2 aliphatic heterocycles. The highest BCUT2D eigenvalue weighted by Gasteiger charge is 2.37.